The van der Waals surface area contributed by atoms with Crippen molar-refractivity contribution < 1.29 is 18.1 Å². The standard InChI is InChI=1S/C36H60O2.6H2/c1-7-8-9-10-11-12-13-14-15-16-17-18-19-25-35(37)38-30-28-32(3)23-20-22-31(2)26-27-34-33(4)24-21-29-36(34,5)6;;;;;;/h20,22-23,26-28H,7-19,21,24-25,29-30H2,1-6H3;6*1H/b23-20+,27-26+,31-22+,32-28+;;;;;;. The molecule has 0 saturated heterocycles. The number of esters is 1. The van der Waals surface area contributed by atoms with Crippen molar-refractivity contribution in [3.8, 4) is 0 Å². The van der Waals surface area contributed by atoms with E-state index in [2.05, 4.69) is 71.9 Å². The summed E-state index contributed by atoms with van der Waals surface area (Å²) in [7, 11) is 0. The molecule has 0 fully saturated rings. The third kappa shape index (κ3) is 16.9. The van der Waals surface area contributed by atoms with Crippen molar-refractivity contribution in [3.05, 3.63) is 58.7 Å². The smallest absolute Gasteiger partial charge is 0.306 e. The molecule has 2 nitrogen and oxygen atoms in total. The van der Waals surface area contributed by atoms with Crippen molar-refractivity contribution in [2.45, 2.75) is 151 Å². The van der Waals surface area contributed by atoms with Gasteiger partial charge >= 0.3 is 5.97 Å². The molecule has 0 radical (unpaired) electrons. The summed E-state index contributed by atoms with van der Waals surface area (Å²) in [6.07, 6.45) is 34.3. The highest BCUT2D eigenvalue weighted by Crippen LogP contribution is 2.40. The highest BCUT2D eigenvalue weighted by molar-refractivity contribution is 5.69. The Morgan fingerprint density at radius 1 is 0.868 bits per heavy atom. The first kappa shape index (κ1) is 34.2. The van der Waals surface area contributed by atoms with E-state index in [9.17, 15) is 4.79 Å². The summed E-state index contributed by atoms with van der Waals surface area (Å²) in [5, 5.41) is 0. The lowest BCUT2D eigenvalue weighted by molar-refractivity contribution is -0.142. The number of hydrogen-bond donors (Lipinski definition) is 0. The number of ether oxygens (including phenoxy) is 1. The summed E-state index contributed by atoms with van der Waals surface area (Å²) < 4.78 is 5.40. The lowest BCUT2D eigenvalue weighted by Crippen LogP contribution is -2.19. The molecule has 0 N–H and O–H groups in total. The molecule has 0 aliphatic heterocycles. The van der Waals surface area contributed by atoms with Crippen LogP contribution in [0.5, 0.6) is 0 Å². The molecule has 0 bridgehead atoms. The Morgan fingerprint density at radius 2 is 1.45 bits per heavy atom. The quantitative estimate of drug-likeness (QED) is 0.0878. The molecule has 0 unspecified atom stereocenters. The van der Waals surface area contributed by atoms with E-state index < -0.39 is 0 Å². The van der Waals surface area contributed by atoms with Gasteiger partial charge in [0.25, 0.3) is 0 Å². The molecule has 1 rings (SSSR count). The zero-order valence-corrected chi connectivity index (χ0v) is 26.0. The van der Waals surface area contributed by atoms with Gasteiger partial charge in [-0.3, -0.25) is 4.79 Å². The zero-order valence-electron chi connectivity index (χ0n) is 26.0. The minimum atomic E-state index is -0.0720. The maximum atomic E-state index is 12.0. The first-order valence-electron chi connectivity index (χ1n) is 15.8. The first-order chi connectivity index (χ1) is 18.3. The average molecular weight is 537 g/mol. The van der Waals surface area contributed by atoms with E-state index in [1.807, 2.05) is 6.08 Å². The van der Waals surface area contributed by atoms with Gasteiger partial charge < -0.3 is 4.74 Å². The van der Waals surface area contributed by atoms with E-state index >= 15 is 0 Å². The van der Waals surface area contributed by atoms with Crippen LogP contribution in [0.2, 0.25) is 0 Å². The molecule has 0 spiro atoms. The van der Waals surface area contributed by atoms with Gasteiger partial charge in [-0.1, -0.05) is 145 Å². The predicted molar refractivity (Wildman–Crippen MR) is 180 cm³/mol. The zero-order chi connectivity index (χ0) is 28.1. The number of allylic oxidation sites excluding steroid dienone is 9. The van der Waals surface area contributed by atoms with E-state index in [1.165, 1.54) is 107 Å². The SMILES string of the molecule is CCCCCCCCCCCCCCCC(=O)OC/C=C(C)/C=C/C=C(C)/C=C/C1=C(C)CCCC1(C)C.[HH].[HH].[HH].[HH].[HH].[HH]. The highest BCUT2D eigenvalue weighted by atomic mass is 16.5. The molecule has 0 atom stereocenters. The Balaban J connectivity index is -0.000000602. The van der Waals surface area contributed by atoms with Gasteiger partial charge in [0.1, 0.15) is 6.61 Å². The van der Waals surface area contributed by atoms with E-state index in [0.717, 1.165) is 18.4 Å². The minimum Gasteiger partial charge on any atom is -0.461 e. The molecular weight excluding hydrogens is 464 g/mol. The van der Waals surface area contributed by atoms with Crippen molar-refractivity contribution in [2.75, 3.05) is 6.61 Å². The van der Waals surface area contributed by atoms with Crippen LogP contribution in [0.4, 0.5) is 0 Å². The van der Waals surface area contributed by atoms with Crippen LogP contribution in [0, 0.1) is 5.41 Å². The summed E-state index contributed by atoms with van der Waals surface area (Å²) in [4.78, 5) is 12.0. The summed E-state index contributed by atoms with van der Waals surface area (Å²) >= 11 is 0. The number of carbonyl (C=O) groups excluding carboxylic acids is 1. The number of unbranched alkanes of at least 4 members (excludes halogenated alkanes) is 12. The van der Waals surface area contributed by atoms with Gasteiger partial charge in [-0.25, -0.2) is 0 Å². The van der Waals surface area contributed by atoms with Crippen molar-refractivity contribution in [2.24, 2.45) is 5.41 Å². The topological polar surface area (TPSA) is 26.3 Å². The molecule has 1 aliphatic rings. The van der Waals surface area contributed by atoms with Crippen LogP contribution in [0.25, 0.3) is 0 Å². The average Bonchev–Trinajstić information content (AvgIpc) is 2.86. The largest absolute Gasteiger partial charge is 0.461 e. The number of hydrogen-bond acceptors (Lipinski definition) is 2. The van der Waals surface area contributed by atoms with Gasteiger partial charge in [-0.05, 0) is 63.5 Å². The fraction of sp³-hybridized carbons (Fsp3) is 0.694. The van der Waals surface area contributed by atoms with E-state index in [1.54, 1.807) is 0 Å². The van der Waals surface area contributed by atoms with Gasteiger partial charge in [-0.2, -0.15) is 0 Å². The fourth-order valence-electron chi connectivity index (χ4n) is 5.33. The molecule has 1 aliphatic carbocycles. The lowest BCUT2D eigenvalue weighted by atomic mass is 9.72. The molecule has 0 saturated carbocycles. The van der Waals surface area contributed by atoms with Crippen molar-refractivity contribution >= 4 is 5.97 Å². The van der Waals surface area contributed by atoms with Gasteiger partial charge in [-0.15, -0.1) is 0 Å². The predicted octanol–water partition coefficient (Wildman–Crippen LogP) is 13.0. The second kappa shape index (κ2) is 21.0. The van der Waals surface area contributed by atoms with E-state index in [4.69, 9.17) is 4.74 Å². The fourth-order valence-corrected chi connectivity index (χ4v) is 5.33. The highest BCUT2D eigenvalue weighted by Gasteiger charge is 2.26. The van der Waals surface area contributed by atoms with Crippen molar-refractivity contribution in [1.29, 1.82) is 0 Å². The number of carbonyl (C=O) groups is 1. The van der Waals surface area contributed by atoms with Crippen LogP contribution < -0.4 is 0 Å². The van der Waals surface area contributed by atoms with Gasteiger partial charge in [0.05, 0.1) is 0 Å². The maximum absolute atomic E-state index is 12.0. The third-order valence-electron chi connectivity index (χ3n) is 7.91. The van der Waals surface area contributed by atoms with E-state index in [0.29, 0.717) is 13.0 Å². The third-order valence-corrected chi connectivity index (χ3v) is 7.91. The molecule has 38 heavy (non-hydrogen) atoms. The van der Waals surface area contributed by atoms with Crippen LogP contribution in [0.15, 0.2) is 58.7 Å². The molecule has 228 valence electrons. The molecule has 0 aromatic heterocycles. The number of rotatable bonds is 20. The maximum Gasteiger partial charge on any atom is 0.306 e. The molecular formula is C36H72O2. The van der Waals surface area contributed by atoms with E-state index in [-0.39, 0.29) is 19.9 Å². The Hall–Kier alpha value is -1.83. The van der Waals surface area contributed by atoms with Crippen LogP contribution >= 0.6 is 0 Å². The Kier molecular flexibility index (Phi) is 18.9. The van der Waals surface area contributed by atoms with Crippen molar-refractivity contribution in [1.82, 2.24) is 0 Å². The Labute approximate surface area is 245 Å². The molecule has 0 aromatic carbocycles. The molecule has 0 aromatic rings. The summed E-state index contributed by atoms with van der Waals surface area (Å²) in [6.45, 7) is 13.8. The lowest BCUT2D eigenvalue weighted by Gasteiger charge is -2.32. The molecule has 0 heterocycles. The summed E-state index contributed by atoms with van der Waals surface area (Å²) in [5.41, 5.74) is 5.65. The Bertz CT molecular complexity index is 828. The monoisotopic (exact) mass is 537 g/mol. The van der Waals surface area contributed by atoms with Gasteiger partial charge in [0.2, 0.25) is 0 Å². The second-order valence-electron chi connectivity index (χ2n) is 12.2. The normalized spacial score (nSPS) is 16.7. The van der Waals surface area contributed by atoms with Crippen LogP contribution in [0.1, 0.15) is 159 Å². The summed E-state index contributed by atoms with van der Waals surface area (Å²) in [6, 6.07) is 0. The molecule has 2 heteroatoms. The summed E-state index contributed by atoms with van der Waals surface area (Å²) in [5.74, 6) is -0.0720. The van der Waals surface area contributed by atoms with Crippen molar-refractivity contribution in [3.63, 3.8) is 0 Å². The van der Waals surface area contributed by atoms with Gasteiger partial charge in [0.15, 0.2) is 0 Å². The first-order valence-corrected chi connectivity index (χ1v) is 15.8. The molecule has 0 amide bonds. The Morgan fingerprint density at radius 3 is 2.03 bits per heavy atom. The van der Waals surface area contributed by atoms with Crippen LogP contribution in [-0.4, -0.2) is 12.6 Å². The second-order valence-corrected chi connectivity index (χ2v) is 12.2. The minimum absolute atomic E-state index is 0. The van der Waals surface area contributed by atoms with Crippen LogP contribution in [-0.2, 0) is 9.53 Å². The van der Waals surface area contributed by atoms with Gasteiger partial charge in [0, 0.05) is 15.0 Å². The van der Waals surface area contributed by atoms with Crippen LogP contribution in [0.3, 0.4) is 0 Å².